The van der Waals surface area contributed by atoms with Crippen molar-refractivity contribution in [2.24, 2.45) is 5.92 Å². The van der Waals surface area contributed by atoms with E-state index in [1.165, 1.54) is 4.68 Å². The third-order valence-electron chi connectivity index (χ3n) is 3.25. The first-order chi connectivity index (χ1) is 9.54. The Hall–Kier alpha value is -1.36. The molecule has 0 saturated heterocycles. The van der Waals surface area contributed by atoms with Crippen molar-refractivity contribution in [1.82, 2.24) is 15.1 Å². The lowest BCUT2D eigenvalue weighted by Gasteiger charge is -2.17. The molecule has 0 aliphatic carbocycles. The van der Waals surface area contributed by atoms with Crippen molar-refractivity contribution < 1.29 is 0 Å². The van der Waals surface area contributed by atoms with Gasteiger partial charge in [0.05, 0.1) is 18.4 Å². The quantitative estimate of drug-likeness (QED) is 0.700. The lowest BCUT2D eigenvalue weighted by atomic mass is 10.1. The van der Waals surface area contributed by atoms with Crippen molar-refractivity contribution >= 4 is 5.69 Å². The van der Waals surface area contributed by atoms with Gasteiger partial charge in [-0.2, -0.15) is 5.10 Å². The molecule has 0 unspecified atom stereocenters. The van der Waals surface area contributed by atoms with E-state index >= 15 is 0 Å². The second kappa shape index (κ2) is 8.74. The Morgan fingerprint density at radius 1 is 1.40 bits per heavy atom. The van der Waals surface area contributed by atoms with Gasteiger partial charge in [0.1, 0.15) is 0 Å². The minimum absolute atomic E-state index is 0.0314. The summed E-state index contributed by atoms with van der Waals surface area (Å²) < 4.78 is 1.52. The second-order valence-electron chi connectivity index (χ2n) is 5.63. The number of anilines is 1. The Bertz CT molecular complexity index is 442. The summed E-state index contributed by atoms with van der Waals surface area (Å²) in [6, 6.07) is 1.66. The Balaban J connectivity index is 2.46. The summed E-state index contributed by atoms with van der Waals surface area (Å²) in [5.74, 6) is 0.705. The van der Waals surface area contributed by atoms with Crippen LogP contribution in [0, 0.1) is 5.92 Å². The monoisotopic (exact) mass is 280 g/mol. The van der Waals surface area contributed by atoms with Crippen LogP contribution in [0.2, 0.25) is 0 Å². The predicted molar refractivity (Wildman–Crippen MR) is 84.4 cm³/mol. The van der Waals surface area contributed by atoms with Crippen LogP contribution in [0.25, 0.3) is 0 Å². The van der Waals surface area contributed by atoms with E-state index < -0.39 is 0 Å². The molecule has 0 amide bonds. The normalized spacial score (nSPS) is 11.1. The number of nitrogens with zero attached hydrogens (tertiary/aromatic N) is 3. The SMILES string of the molecule is CCCN(C)c1cnn(CCNCCC(C)C)c(=O)c1. The molecule has 114 valence electrons. The second-order valence-corrected chi connectivity index (χ2v) is 5.63. The zero-order valence-corrected chi connectivity index (χ0v) is 13.2. The van der Waals surface area contributed by atoms with E-state index in [-0.39, 0.29) is 5.56 Å². The molecule has 5 heteroatoms. The molecule has 0 fully saturated rings. The first kappa shape index (κ1) is 16.7. The summed E-state index contributed by atoms with van der Waals surface area (Å²) >= 11 is 0. The molecule has 1 rings (SSSR count). The minimum Gasteiger partial charge on any atom is -0.373 e. The van der Waals surface area contributed by atoms with Gasteiger partial charge in [0.15, 0.2) is 0 Å². The lowest BCUT2D eigenvalue weighted by molar-refractivity contribution is 0.495. The van der Waals surface area contributed by atoms with Gasteiger partial charge in [-0.1, -0.05) is 20.8 Å². The maximum atomic E-state index is 12.0. The van der Waals surface area contributed by atoms with Gasteiger partial charge in [-0.15, -0.1) is 0 Å². The van der Waals surface area contributed by atoms with Gasteiger partial charge in [0.2, 0.25) is 0 Å². The van der Waals surface area contributed by atoms with Gasteiger partial charge in [0.25, 0.3) is 5.56 Å². The summed E-state index contributed by atoms with van der Waals surface area (Å²) in [4.78, 5) is 14.0. The van der Waals surface area contributed by atoms with Gasteiger partial charge < -0.3 is 10.2 Å². The number of hydrogen-bond acceptors (Lipinski definition) is 4. The zero-order chi connectivity index (χ0) is 15.0. The largest absolute Gasteiger partial charge is 0.373 e. The third-order valence-corrected chi connectivity index (χ3v) is 3.25. The van der Waals surface area contributed by atoms with Crippen LogP contribution in [0.1, 0.15) is 33.6 Å². The molecule has 5 nitrogen and oxygen atoms in total. The van der Waals surface area contributed by atoms with Crippen LogP contribution >= 0.6 is 0 Å². The first-order valence-electron chi connectivity index (χ1n) is 7.53. The number of hydrogen-bond donors (Lipinski definition) is 1. The summed E-state index contributed by atoms with van der Waals surface area (Å²) in [5.41, 5.74) is 0.858. The van der Waals surface area contributed by atoms with E-state index in [0.717, 1.165) is 38.2 Å². The van der Waals surface area contributed by atoms with E-state index in [9.17, 15) is 4.79 Å². The topological polar surface area (TPSA) is 50.2 Å². The molecule has 0 aliphatic rings. The molecule has 1 heterocycles. The average molecular weight is 280 g/mol. The summed E-state index contributed by atoms with van der Waals surface area (Å²) in [6.45, 7) is 9.86. The van der Waals surface area contributed by atoms with Gasteiger partial charge >= 0.3 is 0 Å². The minimum atomic E-state index is -0.0314. The molecule has 1 N–H and O–H groups in total. The van der Waals surface area contributed by atoms with E-state index in [2.05, 4.69) is 36.1 Å². The van der Waals surface area contributed by atoms with E-state index in [0.29, 0.717) is 12.5 Å². The smallest absolute Gasteiger partial charge is 0.268 e. The van der Waals surface area contributed by atoms with Crippen LogP contribution in [-0.2, 0) is 6.54 Å². The number of nitrogens with one attached hydrogen (secondary N) is 1. The van der Waals surface area contributed by atoms with Gasteiger partial charge in [-0.3, -0.25) is 4.79 Å². The van der Waals surface area contributed by atoms with E-state index in [4.69, 9.17) is 0 Å². The van der Waals surface area contributed by atoms with Crippen molar-refractivity contribution in [2.75, 3.05) is 31.6 Å². The van der Waals surface area contributed by atoms with Crippen molar-refractivity contribution in [3.8, 4) is 0 Å². The standard InChI is InChI=1S/C15H28N4O/c1-5-9-18(4)14-11-15(20)19(17-12-14)10-8-16-7-6-13(2)3/h11-13,16H,5-10H2,1-4H3. The highest BCUT2D eigenvalue weighted by molar-refractivity contribution is 5.41. The number of aromatic nitrogens is 2. The summed E-state index contributed by atoms with van der Waals surface area (Å²) in [6.07, 6.45) is 3.98. The molecule has 0 aliphatic heterocycles. The molecular formula is C15H28N4O. The first-order valence-corrected chi connectivity index (χ1v) is 7.53. The summed E-state index contributed by atoms with van der Waals surface area (Å²) in [7, 11) is 1.98. The molecule has 20 heavy (non-hydrogen) atoms. The molecule has 0 spiro atoms. The highest BCUT2D eigenvalue weighted by Crippen LogP contribution is 2.06. The van der Waals surface area contributed by atoms with Crippen molar-refractivity contribution in [3.63, 3.8) is 0 Å². The van der Waals surface area contributed by atoms with Crippen LogP contribution < -0.4 is 15.8 Å². The Kier molecular flexibility index (Phi) is 7.30. The molecule has 0 radical (unpaired) electrons. The van der Waals surface area contributed by atoms with E-state index in [1.807, 2.05) is 7.05 Å². The highest BCUT2D eigenvalue weighted by atomic mass is 16.1. The molecule has 0 atom stereocenters. The van der Waals surface area contributed by atoms with Crippen molar-refractivity contribution in [2.45, 2.75) is 40.2 Å². The summed E-state index contributed by atoms with van der Waals surface area (Å²) in [5, 5.41) is 7.58. The van der Waals surface area contributed by atoms with Crippen LogP contribution in [0.5, 0.6) is 0 Å². The lowest BCUT2D eigenvalue weighted by Crippen LogP contribution is -2.30. The zero-order valence-electron chi connectivity index (χ0n) is 13.2. The van der Waals surface area contributed by atoms with Crippen LogP contribution in [0.3, 0.4) is 0 Å². The van der Waals surface area contributed by atoms with Crippen molar-refractivity contribution in [1.29, 1.82) is 0 Å². The fraction of sp³-hybridized carbons (Fsp3) is 0.733. The highest BCUT2D eigenvalue weighted by Gasteiger charge is 2.04. The van der Waals surface area contributed by atoms with Crippen LogP contribution in [0.4, 0.5) is 5.69 Å². The fourth-order valence-electron chi connectivity index (χ4n) is 1.97. The van der Waals surface area contributed by atoms with Gasteiger partial charge in [-0.05, 0) is 25.3 Å². The van der Waals surface area contributed by atoms with Gasteiger partial charge in [0, 0.05) is 26.2 Å². The maximum absolute atomic E-state index is 12.0. The Morgan fingerprint density at radius 2 is 2.15 bits per heavy atom. The van der Waals surface area contributed by atoms with Crippen LogP contribution in [0.15, 0.2) is 17.1 Å². The van der Waals surface area contributed by atoms with Crippen molar-refractivity contribution in [3.05, 3.63) is 22.6 Å². The predicted octanol–water partition coefficient (Wildman–Crippen LogP) is 1.73. The fourth-order valence-corrected chi connectivity index (χ4v) is 1.97. The van der Waals surface area contributed by atoms with Gasteiger partial charge in [-0.25, -0.2) is 4.68 Å². The molecule has 0 bridgehead atoms. The average Bonchev–Trinajstić information content (AvgIpc) is 2.39. The Morgan fingerprint density at radius 3 is 2.75 bits per heavy atom. The molecule has 0 saturated carbocycles. The third kappa shape index (κ3) is 5.74. The maximum Gasteiger partial charge on any atom is 0.268 e. The molecule has 1 aromatic heterocycles. The molecular weight excluding hydrogens is 252 g/mol. The Labute approximate surface area is 122 Å². The van der Waals surface area contributed by atoms with E-state index in [1.54, 1.807) is 12.3 Å². The molecule has 1 aromatic rings. The number of rotatable bonds is 9. The van der Waals surface area contributed by atoms with Crippen LogP contribution in [-0.4, -0.2) is 36.5 Å². The molecule has 0 aromatic carbocycles.